The standard InChI is InChI=1S/C17H22Cl2N2O2/c18-13-2-1-3-14(16(13)19)23-11-4-15(22)21-9-6-17(7-10-21)5-8-20-12-17/h1-3,20H,4-12H2. The maximum atomic E-state index is 12.3. The first-order chi connectivity index (χ1) is 11.1. The van der Waals surface area contributed by atoms with Crippen molar-refractivity contribution in [2.75, 3.05) is 32.8 Å². The van der Waals surface area contributed by atoms with E-state index in [9.17, 15) is 4.79 Å². The van der Waals surface area contributed by atoms with Crippen molar-refractivity contribution < 1.29 is 9.53 Å². The van der Waals surface area contributed by atoms with Crippen LogP contribution >= 0.6 is 23.2 Å². The first kappa shape index (κ1) is 16.9. The van der Waals surface area contributed by atoms with Gasteiger partial charge in [0.2, 0.25) is 5.91 Å². The number of piperidine rings is 1. The van der Waals surface area contributed by atoms with E-state index in [1.54, 1.807) is 18.2 Å². The Morgan fingerprint density at radius 1 is 1.26 bits per heavy atom. The fourth-order valence-electron chi connectivity index (χ4n) is 3.45. The molecular weight excluding hydrogens is 335 g/mol. The number of nitrogens with one attached hydrogen (secondary N) is 1. The summed E-state index contributed by atoms with van der Waals surface area (Å²) in [7, 11) is 0. The number of carbonyl (C=O) groups is 1. The zero-order valence-electron chi connectivity index (χ0n) is 13.1. The van der Waals surface area contributed by atoms with Crippen molar-refractivity contribution in [1.82, 2.24) is 10.2 Å². The van der Waals surface area contributed by atoms with Crippen molar-refractivity contribution in [3.05, 3.63) is 28.2 Å². The second-order valence-electron chi connectivity index (χ2n) is 6.46. The Bertz CT molecular complexity index is 564. The molecule has 0 radical (unpaired) electrons. The van der Waals surface area contributed by atoms with Crippen molar-refractivity contribution in [3.8, 4) is 5.75 Å². The quantitative estimate of drug-likeness (QED) is 0.899. The summed E-state index contributed by atoms with van der Waals surface area (Å²) in [4.78, 5) is 14.3. The van der Waals surface area contributed by atoms with Crippen molar-refractivity contribution in [2.24, 2.45) is 5.41 Å². The third-order valence-corrected chi connectivity index (χ3v) is 5.80. The molecular formula is C17H22Cl2N2O2. The van der Waals surface area contributed by atoms with Crippen molar-refractivity contribution in [1.29, 1.82) is 0 Å². The predicted molar refractivity (Wildman–Crippen MR) is 92.3 cm³/mol. The highest BCUT2D eigenvalue weighted by molar-refractivity contribution is 6.42. The van der Waals surface area contributed by atoms with Crippen LogP contribution in [0.25, 0.3) is 0 Å². The molecule has 2 saturated heterocycles. The molecule has 0 aromatic heterocycles. The molecule has 1 aromatic rings. The average Bonchev–Trinajstić information content (AvgIpc) is 3.00. The summed E-state index contributed by atoms with van der Waals surface area (Å²) in [5.74, 6) is 0.686. The van der Waals surface area contributed by atoms with E-state index in [2.05, 4.69) is 5.32 Å². The molecule has 2 heterocycles. The van der Waals surface area contributed by atoms with Gasteiger partial charge in [0.05, 0.1) is 18.1 Å². The van der Waals surface area contributed by atoms with Gasteiger partial charge in [-0.05, 0) is 43.4 Å². The van der Waals surface area contributed by atoms with Gasteiger partial charge in [0.25, 0.3) is 0 Å². The molecule has 4 nitrogen and oxygen atoms in total. The van der Waals surface area contributed by atoms with Gasteiger partial charge in [-0.2, -0.15) is 0 Å². The Hall–Kier alpha value is -0.970. The minimum Gasteiger partial charge on any atom is -0.491 e. The first-order valence-electron chi connectivity index (χ1n) is 8.15. The summed E-state index contributed by atoms with van der Waals surface area (Å²) in [6.45, 7) is 4.26. The lowest BCUT2D eigenvalue weighted by Gasteiger charge is -2.38. The number of benzene rings is 1. The predicted octanol–water partition coefficient (Wildman–Crippen LogP) is 3.36. The number of amides is 1. The highest BCUT2D eigenvalue weighted by atomic mass is 35.5. The molecule has 0 atom stereocenters. The molecule has 1 spiro atoms. The zero-order valence-corrected chi connectivity index (χ0v) is 14.6. The third kappa shape index (κ3) is 3.93. The lowest BCUT2D eigenvalue weighted by molar-refractivity contribution is -0.133. The van der Waals surface area contributed by atoms with Crippen molar-refractivity contribution in [2.45, 2.75) is 25.7 Å². The molecule has 3 rings (SSSR count). The van der Waals surface area contributed by atoms with Crippen LogP contribution in [0.2, 0.25) is 10.0 Å². The zero-order chi connectivity index (χ0) is 16.3. The Morgan fingerprint density at radius 2 is 2.04 bits per heavy atom. The molecule has 1 amide bonds. The van der Waals surface area contributed by atoms with Gasteiger partial charge in [-0.25, -0.2) is 0 Å². The largest absolute Gasteiger partial charge is 0.491 e. The van der Waals surface area contributed by atoms with E-state index in [0.717, 1.165) is 39.0 Å². The molecule has 126 valence electrons. The Morgan fingerprint density at radius 3 is 2.74 bits per heavy atom. The fourth-order valence-corrected chi connectivity index (χ4v) is 3.80. The molecule has 1 N–H and O–H groups in total. The Kier molecular flexibility index (Phi) is 5.34. The van der Waals surface area contributed by atoms with E-state index < -0.39 is 0 Å². The second kappa shape index (κ2) is 7.29. The summed E-state index contributed by atoms with van der Waals surface area (Å²) in [6.07, 6.45) is 3.82. The van der Waals surface area contributed by atoms with Crippen molar-refractivity contribution in [3.63, 3.8) is 0 Å². The number of hydrogen-bond acceptors (Lipinski definition) is 3. The molecule has 23 heavy (non-hydrogen) atoms. The van der Waals surface area contributed by atoms with Crippen LogP contribution in [-0.2, 0) is 4.79 Å². The molecule has 2 aliphatic rings. The molecule has 2 aliphatic heterocycles. The summed E-state index contributed by atoms with van der Waals surface area (Å²) >= 11 is 12.0. The van der Waals surface area contributed by atoms with E-state index in [0.29, 0.717) is 34.2 Å². The van der Waals surface area contributed by atoms with Gasteiger partial charge >= 0.3 is 0 Å². The monoisotopic (exact) mass is 356 g/mol. The van der Waals surface area contributed by atoms with Crippen LogP contribution in [0.4, 0.5) is 0 Å². The lowest BCUT2D eigenvalue weighted by atomic mass is 9.78. The van der Waals surface area contributed by atoms with E-state index in [1.165, 1.54) is 6.42 Å². The van der Waals surface area contributed by atoms with Crippen LogP contribution < -0.4 is 10.1 Å². The maximum absolute atomic E-state index is 12.3. The van der Waals surface area contributed by atoms with Gasteiger partial charge in [0, 0.05) is 19.6 Å². The molecule has 0 aliphatic carbocycles. The van der Waals surface area contributed by atoms with Crippen LogP contribution in [0.1, 0.15) is 25.7 Å². The van der Waals surface area contributed by atoms with Gasteiger partial charge in [-0.1, -0.05) is 29.3 Å². The lowest BCUT2D eigenvalue weighted by Crippen LogP contribution is -2.44. The Labute approximate surface area is 147 Å². The minimum absolute atomic E-state index is 0.156. The van der Waals surface area contributed by atoms with Crippen LogP contribution in [0.15, 0.2) is 18.2 Å². The van der Waals surface area contributed by atoms with Gasteiger partial charge < -0.3 is 15.0 Å². The van der Waals surface area contributed by atoms with E-state index in [4.69, 9.17) is 27.9 Å². The smallest absolute Gasteiger partial charge is 0.225 e. The number of rotatable bonds is 4. The SMILES string of the molecule is O=C(CCOc1cccc(Cl)c1Cl)N1CCC2(CCNC2)CC1. The number of likely N-dealkylation sites (tertiary alicyclic amines) is 1. The summed E-state index contributed by atoms with van der Waals surface area (Å²) in [5, 5.41) is 4.30. The Balaban J connectivity index is 1.44. The highest BCUT2D eigenvalue weighted by Crippen LogP contribution is 2.37. The highest BCUT2D eigenvalue weighted by Gasteiger charge is 2.37. The maximum Gasteiger partial charge on any atom is 0.225 e. The minimum atomic E-state index is 0.156. The normalized spacial score (nSPS) is 20.0. The molecule has 2 fully saturated rings. The number of ether oxygens (including phenoxy) is 1. The number of carbonyl (C=O) groups excluding carboxylic acids is 1. The van der Waals surface area contributed by atoms with Gasteiger partial charge in [0.15, 0.2) is 0 Å². The molecule has 6 heteroatoms. The van der Waals surface area contributed by atoms with Crippen LogP contribution in [0, 0.1) is 5.41 Å². The van der Waals surface area contributed by atoms with Crippen LogP contribution in [0.3, 0.4) is 0 Å². The topological polar surface area (TPSA) is 41.6 Å². The van der Waals surface area contributed by atoms with Gasteiger partial charge in [-0.15, -0.1) is 0 Å². The van der Waals surface area contributed by atoms with Gasteiger partial charge in [-0.3, -0.25) is 4.79 Å². The fraction of sp³-hybridized carbons (Fsp3) is 0.588. The third-order valence-electron chi connectivity index (χ3n) is 5.00. The number of halogens is 2. The van der Waals surface area contributed by atoms with E-state index >= 15 is 0 Å². The first-order valence-corrected chi connectivity index (χ1v) is 8.91. The average molecular weight is 357 g/mol. The molecule has 1 aromatic carbocycles. The van der Waals surface area contributed by atoms with Gasteiger partial charge in [0.1, 0.15) is 10.8 Å². The summed E-state index contributed by atoms with van der Waals surface area (Å²) in [6, 6.07) is 5.25. The van der Waals surface area contributed by atoms with Crippen molar-refractivity contribution >= 4 is 29.1 Å². The molecule has 0 saturated carbocycles. The van der Waals surface area contributed by atoms with Crippen LogP contribution in [0.5, 0.6) is 5.75 Å². The number of hydrogen-bond donors (Lipinski definition) is 1. The second-order valence-corrected chi connectivity index (χ2v) is 7.24. The van der Waals surface area contributed by atoms with Crippen LogP contribution in [-0.4, -0.2) is 43.6 Å². The molecule has 0 unspecified atom stereocenters. The molecule has 0 bridgehead atoms. The van der Waals surface area contributed by atoms with E-state index in [-0.39, 0.29) is 5.91 Å². The summed E-state index contributed by atoms with van der Waals surface area (Å²) in [5.41, 5.74) is 0.432. The summed E-state index contributed by atoms with van der Waals surface area (Å²) < 4.78 is 5.60. The number of nitrogens with zero attached hydrogens (tertiary/aromatic N) is 1. The van der Waals surface area contributed by atoms with E-state index in [1.807, 2.05) is 4.90 Å².